The van der Waals surface area contributed by atoms with Gasteiger partial charge in [-0.15, -0.1) is 0 Å². The summed E-state index contributed by atoms with van der Waals surface area (Å²) in [5, 5.41) is 0. The van der Waals surface area contributed by atoms with Crippen molar-refractivity contribution < 1.29 is 9.59 Å². The molecule has 4 heteroatoms. The van der Waals surface area contributed by atoms with E-state index in [1.165, 1.54) is 0 Å². The maximum atomic E-state index is 10.4. The van der Waals surface area contributed by atoms with E-state index in [4.69, 9.17) is 0 Å². The Morgan fingerprint density at radius 2 is 1.25 bits per heavy atom. The van der Waals surface area contributed by atoms with E-state index in [0.717, 1.165) is 0 Å². The zero-order valence-electron chi connectivity index (χ0n) is 7.87. The first-order valence-corrected chi connectivity index (χ1v) is 3.53. The summed E-state index contributed by atoms with van der Waals surface area (Å²) < 4.78 is 0. The van der Waals surface area contributed by atoms with Crippen molar-refractivity contribution in [1.82, 2.24) is 9.80 Å². The molecule has 0 amide bonds. The highest BCUT2D eigenvalue weighted by Gasteiger charge is 2.09. The Balaban J connectivity index is 5.02. The molecular weight excluding hydrogens is 156 g/mol. The maximum Gasteiger partial charge on any atom is 0.157 e. The van der Waals surface area contributed by atoms with Gasteiger partial charge >= 0.3 is 0 Å². The smallest absolute Gasteiger partial charge is 0.157 e. The number of rotatable bonds is 4. The molecule has 0 aliphatic carbocycles. The van der Waals surface area contributed by atoms with Crippen LogP contribution >= 0.6 is 0 Å². The first-order valence-electron chi connectivity index (χ1n) is 3.53. The highest BCUT2D eigenvalue weighted by atomic mass is 16.1. The summed E-state index contributed by atoms with van der Waals surface area (Å²) in [6, 6.07) is 0. The van der Waals surface area contributed by atoms with E-state index in [-0.39, 0.29) is 5.57 Å². The van der Waals surface area contributed by atoms with E-state index in [1.807, 2.05) is 0 Å². The third kappa shape index (κ3) is 2.38. The highest BCUT2D eigenvalue weighted by Crippen LogP contribution is 2.05. The quantitative estimate of drug-likeness (QED) is 0.252. The van der Waals surface area contributed by atoms with Gasteiger partial charge in [-0.2, -0.15) is 0 Å². The fourth-order valence-electron chi connectivity index (χ4n) is 1.05. The number of hydrogen-bond acceptors (Lipinski definition) is 4. The van der Waals surface area contributed by atoms with E-state index in [2.05, 4.69) is 0 Å². The lowest BCUT2D eigenvalue weighted by atomic mass is 10.3. The highest BCUT2D eigenvalue weighted by molar-refractivity contribution is 5.99. The van der Waals surface area contributed by atoms with Crippen LogP contribution in [0, 0.1) is 0 Å². The van der Waals surface area contributed by atoms with E-state index < -0.39 is 0 Å². The van der Waals surface area contributed by atoms with Crippen LogP contribution in [0.2, 0.25) is 0 Å². The number of nitrogens with zero attached hydrogens (tertiary/aromatic N) is 2. The van der Waals surface area contributed by atoms with E-state index in [0.29, 0.717) is 18.4 Å². The second-order valence-electron chi connectivity index (χ2n) is 2.80. The zero-order valence-corrected chi connectivity index (χ0v) is 7.87. The summed E-state index contributed by atoms with van der Waals surface area (Å²) in [6.45, 7) is 0. The van der Waals surface area contributed by atoms with Crippen LogP contribution in [0.1, 0.15) is 0 Å². The molecule has 4 nitrogen and oxygen atoms in total. The molecule has 0 atom stereocenters. The molecule has 0 spiro atoms. The molecule has 0 aromatic heterocycles. The predicted octanol–water partition coefficient (Wildman–Crippen LogP) is -0.281. The SMILES string of the molecule is CN(C)C(=C(C=O)C=O)N(C)C. The molecular formula is C8H14N2O2. The Hall–Kier alpha value is -1.32. The molecule has 0 unspecified atom stereocenters. The molecule has 0 bridgehead atoms. The van der Waals surface area contributed by atoms with Crippen LogP contribution in [0.25, 0.3) is 0 Å². The first-order chi connectivity index (χ1) is 5.54. The van der Waals surface area contributed by atoms with Gasteiger partial charge in [0, 0.05) is 28.2 Å². The van der Waals surface area contributed by atoms with Crippen molar-refractivity contribution in [2.45, 2.75) is 0 Å². The third-order valence-electron chi connectivity index (χ3n) is 1.36. The maximum absolute atomic E-state index is 10.4. The number of allylic oxidation sites excluding steroid dienone is 1. The van der Waals surface area contributed by atoms with Crippen molar-refractivity contribution in [2.75, 3.05) is 28.2 Å². The van der Waals surface area contributed by atoms with Gasteiger partial charge in [-0.05, 0) is 0 Å². The summed E-state index contributed by atoms with van der Waals surface area (Å²) >= 11 is 0. The molecule has 0 saturated heterocycles. The number of aldehydes is 2. The van der Waals surface area contributed by atoms with Crippen LogP contribution in [0.4, 0.5) is 0 Å². The Labute approximate surface area is 72.4 Å². The van der Waals surface area contributed by atoms with E-state index in [9.17, 15) is 9.59 Å². The van der Waals surface area contributed by atoms with Gasteiger partial charge in [-0.25, -0.2) is 0 Å². The van der Waals surface area contributed by atoms with Gasteiger partial charge in [0.15, 0.2) is 12.6 Å². The monoisotopic (exact) mass is 170 g/mol. The summed E-state index contributed by atoms with van der Waals surface area (Å²) in [6.07, 6.45) is 1.12. The molecule has 0 fully saturated rings. The largest absolute Gasteiger partial charge is 0.364 e. The fourth-order valence-corrected chi connectivity index (χ4v) is 1.05. The first kappa shape index (κ1) is 10.7. The molecule has 68 valence electrons. The Morgan fingerprint density at radius 1 is 0.917 bits per heavy atom. The molecule has 0 aromatic carbocycles. The summed E-state index contributed by atoms with van der Waals surface area (Å²) in [5.41, 5.74) is 0.157. The number of carbonyl (C=O) groups excluding carboxylic acids is 2. The van der Waals surface area contributed by atoms with Crippen LogP contribution < -0.4 is 0 Å². The molecule has 0 aromatic rings. The molecule has 0 heterocycles. The molecule has 0 N–H and O–H groups in total. The van der Waals surface area contributed by atoms with Gasteiger partial charge < -0.3 is 9.80 Å². The summed E-state index contributed by atoms with van der Waals surface area (Å²) in [5.74, 6) is 0.611. The van der Waals surface area contributed by atoms with Crippen molar-refractivity contribution in [1.29, 1.82) is 0 Å². The Kier molecular flexibility index (Phi) is 4.04. The second kappa shape index (κ2) is 4.54. The molecule has 12 heavy (non-hydrogen) atoms. The summed E-state index contributed by atoms with van der Waals surface area (Å²) in [4.78, 5) is 24.3. The van der Waals surface area contributed by atoms with Crippen molar-refractivity contribution in [3.8, 4) is 0 Å². The average molecular weight is 170 g/mol. The zero-order chi connectivity index (χ0) is 9.72. The minimum atomic E-state index is 0.157. The Morgan fingerprint density at radius 3 is 1.33 bits per heavy atom. The molecule has 0 aliphatic heterocycles. The van der Waals surface area contributed by atoms with Crippen molar-refractivity contribution in [3.05, 3.63) is 11.4 Å². The molecule has 0 rings (SSSR count). The van der Waals surface area contributed by atoms with Gasteiger partial charge in [0.2, 0.25) is 0 Å². The van der Waals surface area contributed by atoms with Crippen LogP contribution in [0.3, 0.4) is 0 Å². The third-order valence-corrected chi connectivity index (χ3v) is 1.36. The van der Waals surface area contributed by atoms with Crippen LogP contribution in [-0.4, -0.2) is 50.6 Å². The minimum absolute atomic E-state index is 0.157. The van der Waals surface area contributed by atoms with Gasteiger partial charge in [0.25, 0.3) is 0 Å². The van der Waals surface area contributed by atoms with Gasteiger partial charge in [-0.3, -0.25) is 9.59 Å². The number of hydrogen-bond donors (Lipinski definition) is 0. The van der Waals surface area contributed by atoms with E-state index >= 15 is 0 Å². The van der Waals surface area contributed by atoms with Crippen molar-refractivity contribution in [3.63, 3.8) is 0 Å². The van der Waals surface area contributed by atoms with Crippen molar-refractivity contribution in [2.24, 2.45) is 0 Å². The Bertz CT molecular complexity index is 187. The normalized spacial score (nSPS) is 8.67. The van der Waals surface area contributed by atoms with E-state index in [1.54, 1.807) is 38.0 Å². The van der Waals surface area contributed by atoms with Crippen molar-refractivity contribution >= 4 is 12.6 Å². The second-order valence-corrected chi connectivity index (χ2v) is 2.80. The minimum Gasteiger partial charge on any atom is -0.364 e. The number of carbonyl (C=O) groups is 2. The lowest BCUT2D eigenvalue weighted by Crippen LogP contribution is -2.27. The van der Waals surface area contributed by atoms with Gasteiger partial charge in [0.05, 0.1) is 5.57 Å². The standard InChI is InChI=1S/C8H14N2O2/c1-9(2)8(10(3)4)7(5-11)6-12/h5-6H,1-4H3. The molecule has 0 aliphatic rings. The molecule has 0 saturated carbocycles. The predicted molar refractivity (Wildman–Crippen MR) is 46.5 cm³/mol. The molecule has 0 radical (unpaired) electrons. The van der Waals surface area contributed by atoms with Crippen LogP contribution in [0.15, 0.2) is 11.4 Å². The lowest BCUT2D eigenvalue weighted by molar-refractivity contribution is -0.110. The van der Waals surface area contributed by atoms with Gasteiger partial charge in [-0.1, -0.05) is 0 Å². The summed E-state index contributed by atoms with van der Waals surface area (Å²) in [7, 11) is 7.12. The van der Waals surface area contributed by atoms with Crippen LogP contribution in [-0.2, 0) is 9.59 Å². The topological polar surface area (TPSA) is 40.6 Å². The average Bonchev–Trinajstić information content (AvgIpc) is 1.98. The van der Waals surface area contributed by atoms with Crippen LogP contribution in [0.5, 0.6) is 0 Å². The fraction of sp³-hybridized carbons (Fsp3) is 0.500. The van der Waals surface area contributed by atoms with Gasteiger partial charge in [0.1, 0.15) is 5.82 Å². The lowest BCUT2D eigenvalue weighted by Gasteiger charge is -2.25.